The Morgan fingerprint density at radius 1 is 1.42 bits per heavy atom. The van der Waals surface area contributed by atoms with Crippen LogP contribution in [-0.4, -0.2) is 33.4 Å². The summed E-state index contributed by atoms with van der Waals surface area (Å²) in [6.07, 6.45) is -0.459. The van der Waals surface area contributed by atoms with Crippen molar-refractivity contribution in [3.63, 3.8) is 0 Å². The van der Waals surface area contributed by atoms with Crippen LogP contribution in [-0.2, 0) is 23.8 Å². The third-order valence-corrected chi connectivity index (χ3v) is 2.13. The van der Waals surface area contributed by atoms with Crippen molar-refractivity contribution in [3.05, 3.63) is 0 Å². The van der Waals surface area contributed by atoms with E-state index >= 15 is 0 Å². The van der Waals surface area contributed by atoms with Gasteiger partial charge in [0.2, 0.25) is 0 Å². The highest BCUT2D eigenvalue weighted by molar-refractivity contribution is 7.87. The molecule has 0 N–H and O–H groups in total. The molecule has 0 unspecified atom stereocenters. The number of hydrogen-bond acceptors (Lipinski definition) is 5. The van der Waals surface area contributed by atoms with E-state index in [1.54, 1.807) is 13.8 Å². The van der Waals surface area contributed by atoms with Crippen LogP contribution < -0.4 is 0 Å². The predicted octanol–water partition coefficient (Wildman–Crippen LogP) is -0.0858. The van der Waals surface area contributed by atoms with Crippen molar-refractivity contribution in [2.24, 2.45) is 0 Å². The van der Waals surface area contributed by atoms with Crippen LogP contribution in [0.5, 0.6) is 0 Å². The molecule has 0 bridgehead atoms. The fourth-order valence-electron chi connectivity index (χ4n) is 0.531. The van der Waals surface area contributed by atoms with E-state index in [4.69, 9.17) is 0 Å². The largest absolute Gasteiger partial charge is 0.468 e. The van der Waals surface area contributed by atoms with Crippen LogP contribution in [0.15, 0.2) is 0 Å². The molecule has 12 heavy (non-hydrogen) atoms. The van der Waals surface area contributed by atoms with Gasteiger partial charge in [-0.2, -0.15) is 8.42 Å². The summed E-state index contributed by atoms with van der Waals surface area (Å²) in [4.78, 5) is 10.5. The van der Waals surface area contributed by atoms with Crippen molar-refractivity contribution in [3.8, 4) is 0 Å². The number of rotatable bonds is 4. The molecule has 72 valence electrons. The van der Waals surface area contributed by atoms with E-state index in [0.29, 0.717) is 0 Å². The fraction of sp³-hybridized carbons (Fsp3) is 0.833. The Bertz CT molecular complexity index is 241. The molecule has 0 atom stereocenters. The third-order valence-electron chi connectivity index (χ3n) is 0.861. The van der Waals surface area contributed by atoms with Gasteiger partial charge in [0.15, 0.2) is 5.75 Å². The molecule has 0 aliphatic heterocycles. The molecule has 0 rings (SSSR count). The van der Waals surface area contributed by atoms with Gasteiger partial charge in [-0.05, 0) is 13.8 Å². The van der Waals surface area contributed by atoms with Gasteiger partial charge in [-0.1, -0.05) is 0 Å². The first-order valence-electron chi connectivity index (χ1n) is 3.35. The lowest BCUT2D eigenvalue weighted by atomic mass is 10.5. The minimum Gasteiger partial charge on any atom is -0.468 e. The van der Waals surface area contributed by atoms with Crippen LogP contribution in [0.1, 0.15) is 13.8 Å². The highest BCUT2D eigenvalue weighted by Gasteiger charge is 2.18. The highest BCUT2D eigenvalue weighted by atomic mass is 32.2. The maximum atomic E-state index is 10.9. The van der Waals surface area contributed by atoms with Gasteiger partial charge in [-0.25, -0.2) is 0 Å². The van der Waals surface area contributed by atoms with E-state index in [1.807, 2.05) is 0 Å². The van der Waals surface area contributed by atoms with Crippen LogP contribution in [0.3, 0.4) is 0 Å². The van der Waals surface area contributed by atoms with E-state index in [2.05, 4.69) is 8.92 Å². The molecular weight excluding hydrogens is 184 g/mol. The monoisotopic (exact) mass is 196 g/mol. The molecule has 6 heteroatoms. The van der Waals surface area contributed by atoms with Crippen molar-refractivity contribution < 1.29 is 22.1 Å². The van der Waals surface area contributed by atoms with Crippen molar-refractivity contribution in [2.75, 3.05) is 12.9 Å². The second-order valence-electron chi connectivity index (χ2n) is 2.42. The molecule has 0 aromatic heterocycles. The van der Waals surface area contributed by atoms with Crippen LogP contribution in [0, 0.1) is 0 Å². The van der Waals surface area contributed by atoms with E-state index in [0.717, 1.165) is 7.11 Å². The number of ether oxygens (including phenoxy) is 1. The lowest BCUT2D eigenvalue weighted by Crippen LogP contribution is -2.22. The first-order chi connectivity index (χ1) is 5.37. The molecule has 0 fully saturated rings. The highest BCUT2D eigenvalue weighted by Crippen LogP contribution is 1.99. The van der Waals surface area contributed by atoms with Crippen molar-refractivity contribution in [1.29, 1.82) is 0 Å². The molecule has 0 aliphatic carbocycles. The predicted molar refractivity (Wildman–Crippen MR) is 42.0 cm³/mol. The summed E-state index contributed by atoms with van der Waals surface area (Å²) in [7, 11) is -2.65. The fourth-order valence-corrected chi connectivity index (χ4v) is 1.59. The van der Waals surface area contributed by atoms with Crippen molar-refractivity contribution >= 4 is 16.1 Å². The molecule has 0 saturated carbocycles. The number of methoxy groups -OCH3 is 1. The molecular formula is C6H12O5S. The number of carbonyl (C=O) groups excluding carboxylic acids is 1. The van der Waals surface area contributed by atoms with Crippen LogP contribution in [0.25, 0.3) is 0 Å². The van der Waals surface area contributed by atoms with Gasteiger partial charge in [-0.15, -0.1) is 0 Å². The number of esters is 1. The normalized spacial score (nSPS) is 11.7. The Labute approximate surface area is 71.8 Å². The Morgan fingerprint density at radius 2 is 1.92 bits per heavy atom. The standard InChI is InChI=1S/C6H12O5S/c1-5(2)11-12(8,9)4-6(7)10-3/h5H,4H2,1-3H3. The van der Waals surface area contributed by atoms with Gasteiger partial charge in [0.1, 0.15) is 0 Å². The summed E-state index contributed by atoms with van der Waals surface area (Å²) in [6, 6.07) is 0. The molecule has 0 saturated heterocycles. The van der Waals surface area contributed by atoms with Crippen molar-refractivity contribution in [2.45, 2.75) is 20.0 Å². The Balaban J connectivity index is 4.15. The molecule has 0 radical (unpaired) electrons. The maximum absolute atomic E-state index is 10.9. The Morgan fingerprint density at radius 3 is 2.25 bits per heavy atom. The molecule has 0 aromatic carbocycles. The van der Waals surface area contributed by atoms with Crippen LogP contribution in [0.2, 0.25) is 0 Å². The average Bonchev–Trinajstić information content (AvgIpc) is 1.83. The first-order valence-corrected chi connectivity index (χ1v) is 4.93. The van der Waals surface area contributed by atoms with Gasteiger partial charge < -0.3 is 4.74 Å². The van der Waals surface area contributed by atoms with E-state index in [9.17, 15) is 13.2 Å². The SMILES string of the molecule is COC(=O)CS(=O)(=O)OC(C)C. The maximum Gasteiger partial charge on any atom is 0.323 e. The molecule has 5 nitrogen and oxygen atoms in total. The first kappa shape index (κ1) is 11.4. The summed E-state index contributed by atoms with van der Waals surface area (Å²) in [5.74, 6) is -1.56. The molecule has 0 aromatic rings. The number of carbonyl (C=O) groups is 1. The summed E-state index contributed by atoms with van der Waals surface area (Å²) in [5.41, 5.74) is 0. The van der Waals surface area contributed by atoms with Gasteiger partial charge in [0.25, 0.3) is 10.1 Å². The second-order valence-corrected chi connectivity index (χ2v) is 4.02. The Kier molecular flexibility index (Phi) is 4.19. The minimum atomic E-state index is -3.77. The van der Waals surface area contributed by atoms with E-state index in [1.165, 1.54) is 0 Å². The zero-order valence-corrected chi connectivity index (χ0v) is 8.05. The lowest BCUT2D eigenvalue weighted by Gasteiger charge is -2.06. The smallest absolute Gasteiger partial charge is 0.323 e. The quantitative estimate of drug-likeness (QED) is 0.464. The molecule has 0 aliphatic rings. The van der Waals surface area contributed by atoms with Gasteiger partial charge in [0, 0.05) is 0 Å². The van der Waals surface area contributed by atoms with E-state index in [-0.39, 0.29) is 0 Å². The zero-order valence-electron chi connectivity index (χ0n) is 7.23. The zero-order chi connectivity index (χ0) is 9.78. The Hall–Kier alpha value is -0.620. The summed E-state index contributed by atoms with van der Waals surface area (Å²) in [6.45, 7) is 3.13. The summed E-state index contributed by atoms with van der Waals surface area (Å²) in [5, 5.41) is 0. The second kappa shape index (κ2) is 4.42. The third kappa shape index (κ3) is 5.09. The van der Waals surface area contributed by atoms with Gasteiger partial charge >= 0.3 is 5.97 Å². The molecule has 0 spiro atoms. The molecule has 0 heterocycles. The van der Waals surface area contributed by atoms with Crippen LogP contribution in [0.4, 0.5) is 0 Å². The lowest BCUT2D eigenvalue weighted by molar-refractivity contribution is -0.137. The summed E-state index contributed by atoms with van der Waals surface area (Å²) >= 11 is 0. The van der Waals surface area contributed by atoms with E-state index < -0.39 is 27.9 Å². The van der Waals surface area contributed by atoms with Crippen molar-refractivity contribution in [1.82, 2.24) is 0 Å². The van der Waals surface area contributed by atoms with Gasteiger partial charge in [-0.3, -0.25) is 8.98 Å². The average molecular weight is 196 g/mol. The topological polar surface area (TPSA) is 69.7 Å². The van der Waals surface area contributed by atoms with Crippen LogP contribution >= 0.6 is 0 Å². The number of hydrogen-bond donors (Lipinski definition) is 0. The summed E-state index contributed by atoms with van der Waals surface area (Å²) < 4.78 is 30.4. The molecule has 0 amide bonds. The van der Waals surface area contributed by atoms with Gasteiger partial charge in [0.05, 0.1) is 13.2 Å². The minimum absolute atomic E-state index is 0.459.